The average Bonchev–Trinajstić information content (AvgIpc) is 3.33. The SMILES string of the molecule is COc1ccc(C=NNC(=O)c2nnn(-c3nonc3N)c2CN(C)C)c(OC)c1. The highest BCUT2D eigenvalue weighted by Crippen LogP contribution is 2.23. The summed E-state index contributed by atoms with van der Waals surface area (Å²) in [5.41, 5.74) is 9.32. The van der Waals surface area contributed by atoms with E-state index in [1.807, 2.05) is 19.0 Å². The van der Waals surface area contributed by atoms with Gasteiger partial charge in [-0.05, 0) is 36.5 Å². The van der Waals surface area contributed by atoms with E-state index in [4.69, 9.17) is 15.2 Å². The minimum Gasteiger partial charge on any atom is -0.497 e. The first kappa shape index (κ1) is 20.7. The van der Waals surface area contributed by atoms with Crippen LogP contribution in [-0.2, 0) is 6.54 Å². The molecule has 0 spiro atoms. The van der Waals surface area contributed by atoms with Gasteiger partial charge >= 0.3 is 0 Å². The number of nitrogens with two attached hydrogens (primary N) is 1. The fraction of sp³-hybridized carbons (Fsp3) is 0.294. The number of hydrazone groups is 1. The molecule has 30 heavy (non-hydrogen) atoms. The molecule has 0 saturated heterocycles. The van der Waals surface area contributed by atoms with E-state index in [1.165, 1.54) is 18.0 Å². The van der Waals surface area contributed by atoms with Crippen LogP contribution in [0.5, 0.6) is 11.5 Å². The van der Waals surface area contributed by atoms with E-state index in [1.54, 1.807) is 25.3 Å². The van der Waals surface area contributed by atoms with E-state index in [0.717, 1.165) is 0 Å². The molecule has 2 heterocycles. The van der Waals surface area contributed by atoms with E-state index in [9.17, 15) is 4.79 Å². The molecule has 158 valence electrons. The third-order valence-corrected chi connectivity index (χ3v) is 3.95. The molecule has 0 fully saturated rings. The van der Waals surface area contributed by atoms with Crippen LogP contribution in [0.25, 0.3) is 5.82 Å². The molecule has 0 radical (unpaired) electrons. The van der Waals surface area contributed by atoms with Crippen molar-refractivity contribution in [3.8, 4) is 17.3 Å². The van der Waals surface area contributed by atoms with Crippen LogP contribution in [0.3, 0.4) is 0 Å². The number of hydrogen-bond donors (Lipinski definition) is 2. The number of methoxy groups -OCH3 is 2. The molecule has 0 aliphatic heterocycles. The molecule has 0 aliphatic carbocycles. The Hall–Kier alpha value is -4.00. The number of hydrogen-bond acceptors (Lipinski definition) is 11. The van der Waals surface area contributed by atoms with Crippen molar-refractivity contribution in [1.29, 1.82) is 0 Å². The lowest BCUT2D eigenvalue weighted by atomic mass is 10.2. The monoisotopic (exact) mass is 415 g/mol. The molecule has 0 aliphatic rings. The van der Waals surface area contributed by atoms with Crippen molar-refractivity contribution in [2.75, 3.05) is 34.0 Å². The number of carbonyl (C=O) groups excluding carboxylic acids is 1. The van der Waals surface area contributed by atoms with Gasteiger partial charge in [-0.2, -0.15) is 9.78 Å². The highest BCUT2D eigenvalue weighted by atomic mass is 16.6. The first-order chi connectivity index (χ1) is 14.4. The molecule has 0 bridgehead atoms. The molecule has 1 amide bonds. The summed E-state index contributed by atoms with van der Waals surface area (Å²) in [4.78, 5) is 14.5. The van der Waals surface area contributed by atoms with E-state index < -0.39 is 5.91 Å². The lowest BCUT2D eigenvalue weighted by Crippen LogP contribution is -2.23. The highest BCUT2D eigenvalue weighted by molar-refractivity contribution is 5.94. The number of carbonyl (C=O) groups is 1. The molecule has 13 nitrogen and oxygen atoms in total. The van der Waals surface area contributed by atoms with Crippen molar-refractivity contribution in [1.82, 2.24) is 35.6 Å². The number of benzene rings is 1. The lowest BCUT2D eigenvalue weighted by Gasteiger charge is -2.11. The zero-order chi connectivity index (χ0) is 21.7. The fourth-order valence-electron chi connectivity index (χ4n) is 2.57. The van der Waals surface area contributed by atoms with Gasteiger partial charge in [0.25, 0.3) is 5.91 Å². The first-order valence-corrected chi connectivity index (χ1v) is 8.67. The van der Waals surface area contributed by atoms with Gasteiger partial charge in [-0.3, -0.25) is 4.79 Å². The summed E-state index contributed by atoms with van der Waals surface area (Å²) in [5, 5.41) is 19.1. The Morgan fingerprint density at radius 2 is 2.13 bits per heavy atom. The number of rotatable bonds is 8. The number of nitrogens with zero attached hydrogens (tertiary/aromatic N) is 7. The molecule has 2 aromatic heterocycles. The predicted octanol–water partition coefficient (Wildman–Crippen LogP) is 0.0752. The summed E-state index contributed by atoms with van der Waals surface area (Å²) in [6.45, 7) is 0.331. The van der Waals surface area contributed by atoms with Crippen LogP contribution in [-0.4, -0.2) is 70.6 Å². The smallest absolute Gasteiger partial charge is 0.293 e. The molecular weight excluding hydrogens is 394 g/mol. The molecule has 0 saturated carbocycles. The molecule has 3 N–H and O–H groups in total. The summed E-state index contributed by atoms with van der Waals surface area (Å²) < 4.78 is 16.4. The Morgan fingerprint density at radius 1 is 1.33 bits per heavy atom. The number of nitrogen functional groups attached to an aromatic ring is 1. The average molecular weight is 415 g/mol. The maximum absolute atomic E-state index is 12.7. The molecule has 13 heteroatoms. The Labute approximate surface area is 171 Å². The van der Waals surface area contributed by atoms with Crippen molar-refractivity contribution in [2.45, 2.75) is 6.54 Å². The summed E-state index contributed by atoms with van der Waals surface area (Å²) in [5.74, 6) is 0.790. The van der Waals surface area contributed by atoms with Crippen LogP contribution in [0.2, 0.25) is 0 Å². The Balaban J connectivity index is 1.83. The van der Waals surface area contributed by atoms with Gasteiger partial charge in [0.1, 0.15) is 11.5 Å². The van der Waals surface area contributed by atoms with Crippen LogP contribution >= 0.6 is 0 Å². The van der Waals surface area contributed by atoms with E-state index in [2.05, 4.69) is 35.8 Å². The van der Waals surface area contributed by atoms with Gasteiger partial charge < -0.3 is 20.1 Å². The second kappa shape index (κ2) is 9.00. The van der Waals surface area contributed by atoms with E-state index >= 15 is 0 Å². The van der Waals surface area contributed by atoms with Gasteiger partial charge in [-0.25, -0.2) is 10.1 Å². The Bertz CT molecular complexity index is 1060. The second-order valence-corrected chi connectivity index (χ2v) is 6.31. The maximum atomic E-state index is 12.7. The standard InChI is InChI=1S/C17H21N9O4/c1-25(2)9-12-14(20-24-26(12)16-15(18)22-30-23-16)17(27)21-19-8-10-5-6-11(28-3)7-13(10)29-4/h5-8H,9H2,1-4H3,(H2,18,22)(H,21,27). The summed E-state index contributed by atoms with van der Waals surface area (Å²) >= 11 is 0. The molecule has 1 aromatic carbocycles. The van der Waals surface area contributed by atoms with Gasteiger partial charge in [-0.15, -0.1) is 5.10 Å². The van der Waals surface area contributed by atoms with Gasteiger partial charge in [0.15, 0.2) is 5.69 Å². The third-order valence-electron chi connectivity index (χ3n) is 3.95. The highest BCUT2D eigenvalue weighted by Gasteiger charge is 2.24. The minimum absolute atomic E-state index is 0.0245. The van der Waals surface area contributed by atoms with Crippen LogP contribution in [0.4, 0.5) is 5.82 Å². The van der Waals surface area contributed by atoms with E-state index in [0.29, 0.717) is 29.3 Å². The number of anilines is 1. The van der Waals surface area contributed by atoms with Crippen molar-refractivity contribution in [3.05, 3.63) is 35.2 Å². The number of nitrogens with one attached hydrogen (secondary N) is 1. The number of amides is 1. The molecule has 3 rings (SSSR count). The van der Waals surface area contributed by atoms with Crippen molar-refractivity contribution < 1.29 is 18.9 Å². The largest absolute Gasteiger partial charge is 0.497 e. The third kappa shape index (κ3) is 4.35. The zero-order valence-electron chi connectivity index (χ0n) is 16.9. The first-order valence-electron chi connectivity index (χ1n) is 8.67. The fourth-order valence-corrected chi connectivity index (χ4v) is 2.57. The minimum atomic E-state index is -0.558. The number of ether oxygens (including phenoxy) is 2. The van der Waals surface area contributed by atoms with E-state index in [-0.39, 0.29) is 17.3 Å². The molecule has 0 atom stereocenters. The van der Waals surface area contributed by atoms with Gasteiger partial charge in [-0.1, -0.05) is 5.21 Å². The van der Waals surface area contributed by atoms with Crippen LogP contribution < -0.4 is 20.6 Å². The Morgan fingerprint density at radius 3 is 2.77 bits per heavy atom. The van der Waals surface area contributed by atoms with Crippen LogP contribution in [0, 0.1) is 0 Å². The quantitative estimate of drug-likeness (QED) is 0.381. The summed E-state index contributed by atoms with van der Waals surface area (Å²) in [6, 6.07) is 5.21. The molecule has 0 unspecified atom stereocenters. The Kier molecular flexibility index (Phi) is 6.22. The van der Waals surface area contributed by atoms with Crippen LogP contribution in [0.1, 0.15) is 21.7 Å². The van der Waals surface area contributed by atoms with Gasteiger partial charge in [0.2, 0.25) is 11.6 Å². The summed E-state index contributed by atoms with van der Waals surface area (Å²) in [6.07, 6.45) is 1.45. The maximum Gasteiger partial charge on any atom is 0.293 e. The lowest BCUT2D eigenvalue weighted by molar-refractivity contribution is 0.0948. The van der Waals surface area contributed by atoms with Crippen molar-refractivity contribution in [3.63, 3.8) is 0 Å². The normalized spacial score (nSPS) is 11.2. The zero-order valence-corrected chi connectivity index (χ0v) is 16.9. The van der Waals surface area contributed by atoms with Gasteiger partial charge in [0.05, 0.1) is 26.1 Å². The predicted molar refractivity (Wildman–Crippen MR) is 106 cm³/mol. The topological polar surface area (TPSA) is 159 Å². The molecule has 3 aromatic rings. The number of aromatic nitrogens is 5. The second-order valence-electron chi connectivity index (χ2n) is 6.31. The summed E-state index contributed by atoms with van der Waals surface area (Å²) in [7, 11) is 6.75. The molecular formula is C17H21N9O4. The van der Waals surface area contributed by atoms with Crippen molar-refractivity contribution in [2.24, 2.45) is 5.10 Å². The van der Waals surface area contributed by atoms with Crippen molar-refractivity contribution >= 4 is 17.9 Å². The van der Waals surface area contributed by atoms with Crippen LogP contribution in [0.15, 0.2) is 27.9 Å². The van der Waals surface area contributed by atoms with Gasteiger partial charge in [0, 0.05) is 18.2 Å².